The van der Waals surface area contributed by atoms with E-state index in [0.29, 0.717) is 31.7 Å². The van der Waals surface area contributed by atoms with Gasteiger partial charge >= 0.3 is 0 Å². The number of hydrogen-bond donors (Lipinski definition) is 0. The van der Waals surface area contributed by atoms with E-state index in [1.165, 1.54) is 17.5 Å². The topological polar surface area (TPSA) is 63.7 Å². The van der Waals surface area contributed by atoms with Crippen LogP contribution in [0, 0.1) is 11.7 Å². The molecule has 5 nitrogen and oxygen atoms in total. The highest BCUT2D eigenvalue weighted by Crippen LogP contribution is 2.22. The maximum Gasteiger partial charge on any atom is 0.223 e. The molecule has 0 unspecified atom stereocenters. The van der Waals surface area contributed by atoms with Gasteiger partial charge in [0.1, 0.15) is 17.7 Å². The number of sulfone groups is 1. The van der Waals surface area contributed by atoms with Crippen molar-refractivity contribution >= 4 is 15.7 Å². The predicted octanol–water partition coefficient (Wildman–Crippen LogP) is 2.14. The van der Waals surface area contributed by atoms with Gasteiger partial charge < -0.3 is 9.64 Å². The van der Waals surface area contributed by atoms with Crippen LogP contribution in [0.5, 0.6) is 5.75 Å². The van der Waals surface area contributed by atoms with Gasteiger partial charge in [0.05, 0.1) is 5.75 Å². The smallest absolute Gasteiger partial charge is 0.223 e. The van der Waals surface area contributed by atoms with E-state index in [2.05, 4.69) is 0 Å². The Hall–Kier alpha value is -1.89. The van der Waals surface area contributed by atoms with Crippen molar-refractivity contribution in [3.8, 4) is 5.75 Å². The first-order chi connectivity index (χ1) is 11.4. The maximum atomic E-state index is 12.9. The van der Waals surface area contributed by atoms with Crippen molar-refractivity contribution in [1.82, 2.24) is 4.90 Å². The van der Waals surface area contributed by atoms with E-state index in [-0.39, 0.29) is 35.9 Å². The summed E-state index contributed by atoms with van der Waals surface area (Å²) in [5.41, 5.74) is 0. The lowest BCUT2D eigenvalue weighted by atomic mass is 10.0. The molecule has 24 heavy (non-hydrogen) atoms. The molecule has 1 aromatic rings. The summed E-state index contributed by atoms with van der Waals surface area (Å²) in [6.07, 6.45) is 3.27. The second kappa shape index (κ2) is 6.93. The van der Waals surface area contributed by atoms with Crippen LogP contribution < -0.4 is 4.74 Å². The van der Waals surface area contributed by atoms with Crippen LogP contribution in [0.25, 0.3) is 0 Å². The highest BCUT2D eigenvalue weighted by Gasteiger charge is 2.28. The normalized spacial score (nSPS) is 23.4. The SMILES string of the molecule is O=C(C[C@H]1C=CS(=O)(=O)C1)N1CCC(Oc2ccc(F)cc2)CC1. The highest BCUT2D eigenvalue weighted by atomic mass is 32.2. The Labute approximate surface area is 141 Å². The Morgan fingerprint density at radius 2 is 1.88 bits per heavy atom. The number of piperidine rings is 1. The minimum absolute atomic E-state index is 0.00580. The molecule has 1 amide bonds. The van der Waals surface area contributed by atoms with Gasteiger partial charge in [0, 0.05) is 43.7 Å². The van der Waals surface area contributed by atoms with Crippen molar-refractivity contribution in [3.05, 3.63) is 41.6 Å². The number of carbonyl (C=O) groups excluding carboxylic acids is 1. The molecule has 0 spiro atoms. The molecule has 1 atom stereocenters. The molecule has 2 heterocycles. The highest BCUT2D eigenvalue weighted by molar-refractivity contribution is 7.94. The number of benzene rings is 1. The summed E-state index contributed by atoms with van der Waals surface area (Å²) in [6.45, 7) is 1.18. The van der Waals surface area contributed by atoms with E-state index >= 15 is 0 Å². The van der Waals surface area contributed by atoms with Gasteiger partial charge in [-0.1, -0.05) is 6.08 Å². The third-order valence-electron chi connectivity index (χ3n) is 4.35. The molecule has 2 aliphatic rings. The number of carbonyl (C=O) groups is 1. The quantitative estimate of drug-likeness (QED) is 0.832. The van der Waals surface area contributed by atoms with E-state index in [9.17, 15) is 17.6 Å². The summed E-state index contributed by atoms with van der Waals surface area (Å²) in [7, 11) is -3.12. The molecule has 1 aromatic carbocycles. The molecule has 130 valence electrons. The van der Waals surface area contributed by atoms with Crippen LogP contribution >= 0.6 is 0 Å². The fourth-order valence-electron chi connectivity index (χ4n) is 3.05. The Morgan fingerprint density at radius 1 is 1.21 bits per heavy atom. The van der Waals surface area contributed by atoms with E-state index < -0.39 is 9.84 Å². The van der Waals surface area contributed by atoms with Crippen molar-refractivity contribution in [2.75, 3.05) is 18.8 Å². The zero-order valence-electron chi connectivity index (χ0n) is 13.2. The van der Waals surface area contributed by atoms with Crippen LogP contribution in [0.4, 0.5) is 4.39 Å². The first-order valence-corrected chi connectivity index (χ1v) is 9.74. The fraction of sp³-hybridized carbons (Fsp3) is 0.471. The van der Waals surface area contributed by atoms with Gasteiger partial charge in [-0.05, 0) is 24.3 Å². The lowest BCUT2D eigenvalue weighted by Gasteiger charge is -2.32. The number of nitrogens with zero attached hydrogens (tertiary/aromatic N) is 1. The standard InChI is InChI=1S/C17H20FNO4S/c18-14-1-3-15(4-2-14)23-16-5-8-19(9-6-16)17(20)11-13-7-10-24(21,22)12-13/h1-4,7,10,13,16H,5-6,8-9,11-12H2/t13-/m1/s1. The van der Waals surface area contributed by atoms with Gasteiger partial charge in [-0.15, -0.1) is 0 Å². The van der Waals surface area contributed by atoms with E-state index in [4.69, 9.17) is 4.74 Å². The second-order valence-corrected chi connectivity index (χ2v) is 8.21. The molecule has 3 rings (SSSR count). The van der Waals surface area contributed by atoms with Gasteiger partial charge in [0.15, 0.2) is 9.84 Å². The first-order valence-electron chi connectivity index (χ1n) is 8.02. The Bertz CT molecular complexity index is 721. The van der Waals surface area contributed by atoms with Crippen molar-refractivity contribution in [3.63, 3.8) is 0 Å². The molecule has 0 N–H and O–H groups in total. The number of allylic oxidation sites excluding steroid dienone is 1. The lowest BCUT2D eigenvalue weighted by Crippen LogP contribution is -2.42. The monoisotopic (exact) mass is 353 g/mol. The number of hydrogen-bond acceptors (Lipinski definition) is 4. The number of halogens is 1. The lowest BCUT2D eigenvalue weighted by molar-refractivity contribution is -0.133. The minimum Gasteiger partial charge on any atom is -0.490 e. The van der Waals surface area contributed by atoms with Crippen LogP contribution in [0.15, 0.2) is 35.7 Å². The van der Waals surface area contributed by atoms with Crippen molar-refractivity contribution in [2.24, 2.45) is 5.92 Å². The zero-order chi connectivity index (χ0) is 17.2. The summed E-state index contributed by atoms with van der Waals surface area (Å²) >= 11 is 0. The summed E-state index contributed by atoms with van der Waals surface area (Å²) in [5.74, 6) is 0.133. The summed E-state index contributed by atoms with van der Waals surface area (Å²) in [6, 6.07) is 5.91. The molecule has 0 radical (unpaired) electrons. The average Bonchev–Trinajstić information content (AvgIpc) is 2.89. The molecule has 0 aliphatic carbocycles. The van der Waals surface area contributed by atoms with Crippen LogP contribution in [0.1, 0.15) is 19.3 Å². The van der Waals surface area contributed by atoms with Gasteiger partial charge in [-0.3, -0.25) is 4.79 Å². The molecule has 0 aromatic heterocycles. The number of rotatable bonds is 4. The van der Waals surface area contributed by atoms with Crippen LogP contribution in [-0.4, -0.2) is 44.2 Å². The summed E-state index contributed by atoms with van der Waals surface area (Å²) in [5, 5.41) is 1.20. The van der Waals surface area contributed by atoms with Crippen LogP contribution in [0.2, 0.25) is 0 Å². The van der Waals surface area contributed by atoms with Crippen molar-refractivity contribution in [1.29, 1.82) is 0 Å². The van der Waals surface area contributed by atoms with Gasteiger partial charge in [0.2, 0.25) is 5.91 Å². The summed E-state index contributed by atoms with van der Waals surface area (Å²) < 4.78 is 41.5. The number of ether oxygens (including phenoxy) is 1. The average molecular weight is 353 g/mol. The largest absolute Gasteiger partial charge is 0.490 e. The molecule has 1 saturated heterocycles. The third-order valence-corrected chi connectivity index (χ3v) is 5.82. The Balaban J connectivity index is 1.45. The molecule has 1 fully saturated rings. The fourth-order valence-corrected chi connectivity index (χ4v) is 4.45. The number of amides is 1. The van der Waals surface area contributed by atoms with Crippen LogP contribution in [0.3, 0.4) is 0 Å². The molecular formula is C17H20FNO4S. The minimum atomic E-state index is -3.12. The Morgan fingerprint density at radius 3 is 2.46 bits per heavy atom. The molecule has 0 saturated carbocycles. The number of likely N-dealkylation sites (tertiary alicyclic amines) is 1. The molecular weight excluding hydrogens is 333 g/mol. The van der Waals surface area contributed by atoms with Gasteiger partial charge in [-0.25, -0.2) is 12.8 Å². The van der Waals surface area contributed by atoms with E-state index in [1.807, 2.05) is 0 Å². The van der Waals surface area contributed by atoms with Gasteiger partial charge in [-0.2, -0.15) is 0 Å². The maximum absolute atomic E-state index is 12.9. The second-order valence-electron chi connectivity index (χ2n) is 6.27. The van der Waals surface area contributed by atoms with E-state index in [0.717, 1.165) is 0 Å². The summed E-state index contributed by atoms with van der Waals surface area (Å²) in [4.78, 5) is 14.0. The van der Waals surface area contributed by atoms with Crippen molar-refractivity contribution in [2.45, 2.75) is 25.4 Å². The van der Waals surface area contributed by atoms with Crippen LogP contribution in [-0.2, 0) is 14.6 Å². The third kappa shape index (κ3) is 4.35. The van der Waals surface area contributed by atoms with E-state index in [1.54, 1.807) is 23.1 Å². The predicted molar refractivity (Wildman–Crippen MR) is 87.7 cm³/mol. The van der Waals surface area contributed by atoms with Gasteiger partial charge in [0.25, 0.3) is 0 Å². The zero-order valence-corrected chi connectivity index (χ0v) is 14.0. The van der Waals surface area contributed by atoms with Crippen molar-refractivity contribution < 1.29 is 22.3 Å². The molecule has 0 bridgehead atoms. The Kier molecular flexibility index (Phi) is 4.89. The molecule has 7 heteroatoms. The first kappa shape index (κ1) is 17.0. The molecule has 2 aliphatic heterocycles.